The molecule has 0 aliphatic carbocycles. The maximum atomic E-state index is 10.6. The Morgan fingerprint density at radius 3 is 2.71 bits per heavy atom. The van der Waals surface area contributed by atoms with Crippen molar-refractivity contribution in [3.05, 3.63) is 36.9 Å². The van der Waals surface area contributed by atoms with Crippen molar-refractivity contribution < 1.29 is 4.92 Å². The number of nitrogens with two attached hydrogens (primary N) is 1. The van der Waals surface area contributed by atoms with E-state index in [0.29, 0.717) is 14.7 Å². The van der Waals surface area contributed by atoms with Crippen LogP contribution in [-0.2, 0) is 6.54 Å². The number of nitriles is 1. The van der Waals surface area contributed by atoms with Crippen molar-refractivity contribution in [1.82, 2.24) is 0 Å². The molecule has 0 spiro atoms. The van der Waals surface area contributed by atoms with Crippen LogP contribution in [0.5, 0.6) is 0 Å². The number of nitro groups is 1. The monoisotopic (exact) mass is 303 g/mol. The highest BCUT2D eigenvalue weighted by atomic mass is 127. The molecule has 1 aromatic rings. The summed E-state index contributed by atoms with van der Waals surface area (Å²) in [6.07, 6.45) is 0. The number of benzene rings is 1. The first kappa shape index (κ1) is 10.9. The molecule has 0 aliphatic rings. The van der Waals surface area contributed by atoms with Gasteiger partial charge in [-0.15, -0.1) is 0 Å². The molecule has 6 heteroatoms. The number of hydrogen-bond acceptors (Lipinski definition) is 4. The van der Waals surface area contributed by atoms with Crippen LogP contribution < -0.4 is 5.73 Å². The van der Waals surface area contributed by atoms with Crippen LogP contribution in [0.2, 0.25) is 0 Å². The smallest absolute Gasteiger partial charge is 0.275 e. The lowest BCUT2D eigenvalue weighted by Crippen LogP contribution is -2.03. The molecule has 1 rings (SSSR count). The zero-order valence-electron chi connectivity index (χ0n) is 7.03. The Bertz CT molecular complexity index is 425. The van der Waals surface area contributed by atoms with Crippen LogP contribution in [-0.4, -0.2) is 4.92 Å². The van der Waals surface area contributed by atoms with Crippen LogP contribution >= 0.6 is 22.6 Å². The molecule has 0 saturated carbocycles. The van der Waals surface area contributed by atoms with Crippen molar-refractivity contribution in [3.8, 4) is 6.07 Å². The Morgan fingerprint density at radius 1 is 1.64 bits per heavy atom. The topological polar surface area (TPSA) is 93.0 Å². The zero-order valence-corrected chi connectivity index (χ0v) is 9.19. The van der Waals surface area contributed by atoms with Gasteiger partial charge < -0.3 is 5.73 Å². The highest BCUT2D eigenvalue weighted by Gasteiger charge is 2.15. The molecule has 0 unspecified atom stereocenters. The van der Waals surface area contributed by atoms with Crippen molar-refractivity contribution in [3.63, 3.8) is 0 Å². The SMILES string of the molecule is N#Cc1cc(CN)c([N+](=O)[O-])cc1I. The molecule has 0 amide bonds. The lowest BCUT2D eigenvalue weighted by molar-refractivity contribution is -0.385. The third-order valence-electron chi connectivity index (χ3n) is 1.71. The lowest BCUT2D eigenvalue weighted by Gasteiger charge is -2.01. The summed E-state index contributed by atoms with van der Waals surface area (Å²) in [6.45, 7) is 0.0575. The number of nitro benzene ring substituents is 1. The predicted molar refractivity (Wildman–Crippen MR) is 58.4 cm³/mol. The molecule has 0 saturated heterocycles. The Hall–Kier alpha value is -1.20. The molecule has 0 radical (unpaired) electrons. The van der Waals surface area contributed by atoms with Crippen LogP contribution in [0, 0.1) is 25.0 Å². The predicted octanol–water partition coefficient (Wildman–Crippen LogP) is 1.53. The van der Waals surface area contributed by atoms with Gasteiger partial charge in [0.15, 0.2) is 0 Å². The van der Waals surface area contributed by atoms with Gasteiger partial charge in [0.1, 0.15) is 6.07 Å². The summed E-state index contributed by atoms with van der Waals surface area (Å²) in [5, 5.41) is 19.3. The molecule has 0 heterocycles. The zero-order chi connectivity index (χ0) is 10.7. The van der Waals surface area contributed by atoms with E-state index in [-0.39, 0.29) is 12.2 Å². The van der Waals surface area contributed by atoms with Gasteiger partial charge in [-0.25, -0.2) is 0 Å². The fourth-order valence-corrected chi connectivity index (χ4v) is 1.60. The van der Waals surface area contributed by atoms with Crippen LogP contribution in [0.1, 0.15) is 11.1 Å². The Morgan fingerprint density at radius 2 is 2.29 bits per heavy atom. The van der Waals surface area contributed by atoms with E-state index in [1.54, 1.807) is 0 Å². The first-order valence-corrected chi connectivity index (χ1v) is 4.75. The van der Waals surface area contributed by atoms with Crippen molar-refractivity contribution >= 4 is 28.3 Å². The first-order chi connectivity index (χ1) is 6.60. The van der Waals surface area contributed by atoms with Crippen molar-refractivity contribution in [2.45, 2.75) is 6.54 Å². The van der Waals surface area contributed by atoms with Gasteiger partial charge in [-0.2, -0.15) is 5.26 Å². The van der Waals surface area contributed by atoms with Crippen LogP contribution in [0.25, 0.3) is 0 Å². The van der Waals surface area contributed by atoms with E-state index in [9.17, 15) is 10.1 Å². The molecule has 5 nitrogen and oxygen atoms in total. The summed E-state index contributed by atoms with van der Waals surface area (Å²) >= 11 is 1.88. The van der Waals surface area contributed by atoms with E-state index >= 15 is 0 Å². The van der Waals surface area contributed by atoms with E-state index < -0.39 is 4.92 Å². The van der Waals surface area contributed by atoms with Crippen LogP contribution in [0.15, 0.2) is 12.1 Å². The quantitative estimate of drug-likeness (QED) is 0.509. The summed E-state index contributed by atoms with van der Waals surface area (Å²) in [5.41, 5.74) is 6.11. The second-order valence-electron chi connectivity index (χ2n) is 2.53. The summed E-state index contributed by atoms with van der Waals surface area (Å²) < 4.78 is 0.564. The number of hydrogen-bond donors (Lipinski definition) is 1. The highest BCUT2D eigenvalue weighted by molar-refractivity contribution is 14.1. The fraction of sp³-hybridized carbons (Fsp3) is 0.125. The second kappa shape index (κ2) is 4.34. The van der Waals surface area contributed by atoms with Crippen molar-refractivity contribution in [1.29, 1.82) is 5.26 Å². The van der Waals surface area contributed by atoms with E-state index in [2.05, 4.69) is 0 Å². The Labute approximate surface area is 93.8 Å². The third-order valence-corrected chi connectivity index (χ3v) is 2.60. The largest absolute Gasteiger partial charge is 0.326 e. The molecule has 0 bridgehead atoms. The molecule has 0 aliphatic heterocycles. The summed E-state index contributed by atoms with van der Waals surface area (Å²) in [4.78, 5) is 10.1. The summed E-state index contributed by atoms with van der Waals surface area (Å²) in [7, 11) is 0. The maximum absolute atomic E-state index is 10.6. The fourth-order valence-electron chi connectivity index (χ4n) is 1.03. The standard InChI is InChI=1S/C8H6IN3O2/c9-7-2-8(12(13)14)6(4-11)1-5(7)3-10/h1-2H,4,11H2. The molecule has 2 N–H and O–H groups in total. The highest BCUT2D eigenvalue weighted by Crippen LogP contribution is 2.24. The van der Waals surface area contributed by atoms with Crippen molar-refractivity contribution in [2.75, 3.05) is 0 Å². The Balaban J connectivity index is 3.41. The first-order valence-electron chi connectivity index (χ1n) is 3.67. The summed E-state index contributed by atoms with van der Waals surface area (Å²) in [5.74, 6) is 0. The minimum absolute atomic E-state index is 0.0316. The summed E-state index contributed by atoms with van der Waals surface area (Å²) in [6, 6.07) is 4.77. The van der Waals surface area contributed by atoms with Gasteiger partial charge in [-0.05, 0) is 28.7 Å². The molecular formula is C8H6IN3O2. The van der Waals surface area contributed by atoms with Crippen LogP contribution in [0.4, 0.5) is 5.69 Å². The van der Waals surface area contributed by atoms with Gasteiger partial charge in [-0.1, -0.05) is 0 Å². The number of rotatable bonds is 2. The van der Waals surface area contributed by atoms with Gasteiger partial charge >= 0.3 is 0 Å². The molecule has 72 valence electrons. The molecule has 0 aromatic heterocycles. The molecular weight excluding hydrogens is 297 g/mol. The minimum atomic E-state index is -0.495. The average molecular weight is 303 g/mol. The molecule has 1 aromatic carbocycles. The van der Waals surface area contributed by atoms with E-state index in [1.165, 1.54) is 12.1 Å². The normalized spacial score (nSPS) is 9.50. The average Bonchev–Trinajstić information content (AvgIpc) is 2.17. The van der Waals surface area contributed by atoms with Gasteiger partial charge in [-0.3, -0.25) is 10.1 Å². The van der Waals surface area contributed by atoms with E-state index in [4.69, 9.17) is 11.0 Å². The molecule has 0 atom stereocenters. The minimum Gasteiger partial charge on any atom is -0.326 e. The number of nitrogens with zero attached hydrogens (tertiary/aromatic N) is 2. The Kier molecular flexibility index (Phi) is 3.38. The molecule has 14 heavy (non-hydrogen) atoms. The molecule has 0 fully saturated rings. The second-order valence-corrected chi connectivity index (χ2v) is 3.70. The van der Waals surface area contributed by atoms with Crippen molar-refractivity contribution in [2.24, 2.45) is 5.73 Å². The van der Waals surface area contributed by atoms with Gasteiger partial charge in [0.2, 0.25) is 0 Å². The maximum Gasteiger partial charge on any atom is 0.275 e. The van der Waals surface area contributed by atoms with Gasteiger partial charge in [0, 0.05) is 21.7 Å². The number of halogens is 1. The third kappa shape index (κ3) is 2.00. The van der Waals surface area contributed by atoms with Crippen LogP contribution in [0.3, 0.4) is 0 Å². The van der Waals surface area contributed by atoms with E-state index in [1.807, 2.05) is 28.7 Å². The lowest BCUT2D eigenvalue weighted by atomic mass is 10.1. The van der Waals surface area contributed by atoms with Gasteiger partial charge in [0.05, 0.1) is 10.5 Å². The van der Waals surface area contributed by atoms with Gasteiger partial charge in [0.25, 0.3) is 5.69 Å². The van der Waals surface area contributed by atoms with E-state index in [0.717, 1.165) is 0 Å².